The van der Waals surface area contributed by atoms with Gasteiger partial charge in [-0.3, -0.25) is 0 Å². The first-order valence-electron chi connectivity index (χ1n) is 5.54. The Balaban J connectivity index is 1.64. The first kappa shape index (κ1) is 10.2. The maximum Gasteiger partial charge on any atom is 0.0546 e. The van der Waals surface area contributed by atoms with Crippen molar-refractivity contribution in [2.24, 2.45) is 5.92 Å². The number of rotatable bonds is 5. The van der Waals surface area contributed by atoms with E-state index in [9.17, 15) is 5.11 Å². The number of aryl methyl sites for hydroxylation is 1. The average Bonchev–Trinajstić information content (AvgIpc) is 2.60. The van der Waals surface area contributed by atoms with Crippen molar-refractivity contribution in [3.8, 4) is 0 Å². The molecule has 0 saturated heterocycles. The molecule has 1 fully saturated rings. The van der Waals surface area contributed by atoms with Gasteiger partial charge in [-0.1, -0.05) is 19.3 Å². The Bertz CT molecular complexity index is 251. The van der Waals surface area contributed by atoms with Crippen molar-refractivity contribution < 1.29 is 5.11 Å². The summed E-state index contributed by atoms with van der Waals surface area (Å²) in [5, 5.41) is 14.1. The number of hydrogen-bond acceptors (Lipinski definition) is 2. The van der Waals surface area contributed by atoms with Crippen LogP contribution in [0.3, 0.4) is 0 Å². The fraction of sp³-hybridized carbons (Fsp3) is 0.667. The summed E-state index contributed by atoms with van der Waals surface area (Å²) in [5.41, 5.74) is 1.38. The molecule has 0 bridgehead atoms. The molecule has 2 heteroatoms. The van der Waals surface area contributed by atoms with Crippen molar-refractivity contribution in [3.05, 3.63) is 22.4 Å². The molecule has 0 radical (unpaired) electrons. The SMILES string of the molecule is OC(CCc1ccsc1)CC1CCC1. The normalized spacial score (nSPS) is 19.2. The predicted molar refractivity (Wildman–Crippen MR) is 60.6 cm³/mol. The summed E-state index contributed by atoms with van der Waals surface area (Å²) >= 11 is 1.74. The van der Waals surface area contributed by atoms with E-state index in [1.165, 1.54) is 24.8 Å². The van der Waals surface area contributed by atoms with Crippen LogP contribution in [0.15, 0.2) is 16.8 Å². The minimum atomic E-state index is -0.0693. The van der Waals surface area contributed by atoms with Crippen LogP contribution in [0.5, 0.6) is 0 Å². The van der Waals surface area contributed by atoms with Crippen molar-refractivity contribution in [2.45, 2.75) is 44.6 Å². The van der Waals surface area contributed by atoms with Gasteiger partial charge in [0, 0.05) is 0 Å². The van der Waals surface area contributed by atoms with Gasteiger partial charge in [0.1, 0.15) is 0 Å². The van der Waals surface area contributed by atoms with Gasteiger partial charge in [0.15, 0.2) is 0 Å². The topological polar surface area (TPSA) is 20.2 Å². The smallest absolute Gasteiger partial charge is 0.0546 e. The summed E-state index contributed by atoms with van der Waals surface area (Å²) < 4.78 is 0. The molecule has 1 N–H and O–H groups in total. The maximum absolute atomic E-state index is 9.79. The Morgan fingerprint density at radius 2 is 2.36 bits per heavy atom. The zero-order valence-corrected chi connectivity index (χ0v) is 9.30. The molecule has 0 aromatic carbocycles. The van der Waals surface area contributed by atoms with E-state index in [-0.39, 0.29) is 6.10 Å². The molecule has 78 valence electrons. The lowest BCUT2D eigenvalue weighted by Gasteiger charge is -2.27. The minimum Gasteiger partial charge on any atom is -0.393 e. The molecule has 1 atom stereocenters. The van der Waals surface area contributed by atoms with Crippen LogP contribution in [0.4, 0.5) is 0 Å². The zero-order chi connectivity index (χ0) is 9.80. The Hall–Kier alpha value is -0.340. The number of aliphatic hydroxyl groups excluding tert-OH is 1. The Morgan fingerprint density at radius 1 is 1.50 bits per heavy atom. The van der Waals surface area contributed by atoms with Gasteiger partial charge >= 0.3 is 0 Å². The highest BCUT2D eigenvalue weighted by atomic mass is 32.1. The van der Waals surface area contributed by atoms with Crippen LogP contribution in [0.25, 0.3) is 0 Å². The molecule has 1 aromatic rings. The predicted octanol–water partition coefficient (Wildman–Crippen LogP) is 3.23. The molecular formula is C12H18OS. The van der Waals surface area contributed by atoms with Gasteiger partial charge in [0.2, 0.25) is 0 Å². The van der Waals surface area contributed by atoms with E-state index in [1.54, 1.807) is 11.3 Å². The van der Waals surface area contributed by atoms with Gasteiger partial charge in [0.25, 0.3) is 0 Å². The van der Waals surface area contributed by atoms with E-state index in [2.05, 4.69) is 16.8 Å². The summed E-state index contributed by atoms with van der Waals surface area (Å²) in [6, 6.07) is 2.15. The monoisotopic (exact) mass is 210 g/mol. The second-order valence-electron chi connectivity index (χ2n) is 4.36. The highest BCUT2D eigenvalue weighted by Crippen LogP contribution is 2.31. The van der Waals surface area contributed by atoms with Gasteiger partial charge in [0.05, 0.1) is 6.10 Å². The Morgan fingerprint density at radius 3 is 2.93 bits per heavy atom. The molecular weight excluding hydrogens is 192 g/mol. The largest absolute Gasteiger partial charge is 0.393 e. The van der Waals surface area contributed by atoms with E-state index in [0.29, 0.717) is 0 Å². The van der Waals surface area contributed by atoms with E-state index in [1.807, 2.05) is 0 Å². The first-order chi connectivity index (χ1) is 6.84. The van der Waals surface area contributed by atoms with E-state index < -0.39 is 0 Å². The standard InChI is InChI=1S/C12H18OS/c13-12(8-10-2-1-3-10)5-4-11-6-7-14-9-11/h6-7,9-10,12-13H,1-5,8H2. The van der Waals surface area contributed by atoms with Gasteiger partial charge in [-0.05, 0) is 47.6 Å². The van der Waals surface area contributed by atoms with Crippen molar-refractivity contribution in [1.29, 1.82) is 0 Å². The van der Waals surface area contributed by atoms with Gasteiger partial charge < -0.3 is 5.11 Å². The fourth-order valence-electron chi connectivity index (χ4n) is 2.00. The molecule has 0 spiro atoms. The minimum absolute atomic E-state index is 0.0693. The third kappa shape index (κ3) is 2.82. The van der Waals surface area contributed by atoms with E-state index >= 15 is 0 Å². The molecule has 1 unspecified atom stereocenters. The molecule has 1 aromatic heterocycles. The van der Waals surface area contributed by atoms with Crippen LogP contribution < -0.4 is 0 Å². The summed E-state index contributed by atoms with van der Waals surface area (Å²) in [6.07, 6.45) is 7.00. The van der Waals surface area contributed by atoms with Crippen LogP contribution in [-0.2, 0) is 6.42 Å². The van der Waals surface area contributed by atoms with Crippen LogP contribution >= 0.6 is 11.3 Å². The molecule has 1 saturated carbocycles. The molecule has 1 nitrogen and oxygen atoms in total. The van der Waals surface area contributed by atoms with Gasteiger partial charge in [-0.25, -0.2) is 0 Å². The summed E-state index contributed by atoms with van der Waals surface area (Å²) in [5.74, 6) is 0.826. The van der Waals surface area contributed by atoms with Crippen LogP contribution in [-0.4, -0.2) is 11.2 Å². The van der Waals surface area contributed by atoms with Crippen molar-refractivity contribution in [2.75, 3.05) is 0 Å². The zero-order valence-electron chi connectivity index (χ0n) is 8.48. The Kier molecular flexibility index (Phi) is 3.60. The molecule has 1 aliphatic rings. The lowest BCUT2D eigenvalue weighted by molar-refractivity contribution is 0.110. The molecule has 2 rings (SSSR count). The Labute approximate surface area is 89.8 Å². The van der Waals surface area contributed by atoms with Crippen molar-refractivity contribution in [3.63, 3.8) is 0 Å². The highest BCUT2D eigenvalue weighted by Gasteiger charge is 2.20. The maximum atomic E-state index is 9.79. The molecule has 14 heavy (non-hydrogen) atoms. The van der Waals surface area contributed by atoms with Gasteiger partial charge in [-0.2, -0.15) is 11.3 Å². The number of hydrogen-bond donors (Lipinski definition) is 1. The second kappa shape index (κ2) is 4.94. The molecule has 1 heterocycles. The molecule has 0 aliphatic heterocycles. The third-order valence-corrected chi connectivity index (χ3v) is 3.91. The van der Waals surface area contributed by atoms with Crippen LogP contribution in [0.2, 0.25) is 0 Å². The van der Waals surface area contributed by atoms with Crippen LogP contribution in [0, 0.1) is 5.92 Å². The first-order valence-corrected chi connectivity index (χ1v) is 6.48. The quantitative estimate of drug-likeness (QED) is 0.791. The summed E-state index contributed by atoms with van der Waals surface area (Å²) in [6.45, 7) is 0. The number of thiophene rings is 1. The molecule has 1 aliphatic carbocycles. The van der Waals surface area contributed by atoms with E-state index in [4.69, 9.17) is 0 Å². The second-order valence-corrected chi connectivity index (χ2v) is 5.14. The highest BCUT2D eigenvalue weighted by molar-refractivity contribution is 7.07. The lowest BCUT2D eigenvalue weighted by atomic mass is 9.81. The summed E-state index contributed by atoms with van der Waals surface area (Å²) in [4.78, 5) is 0. The lowest BCUT2D eigenvalue weighted by Crippen LogP contribution is -2.19. The molecule has 0 amide bonds. The van der Waals surface area contributed by atoms with Crippen LogP contribution in [0.1, 0.15) is 37.7 Å². The summed E-state index contributed by atoms with van der Waals surface area (Å²) in [7, 11) is 0. The van der Waals surface area contributed by atoms with E-state index in [0.717, 1.165) is 25.2 Å². The number of aliphatic hydroxyl groups is 1. The van der Waals surface area contributed by atoms with Crippen molar-refractivity contribution in [1.82, 2.24) is 0 Å². The fourth-order valence-corrected chi connectivity index (χ4v) is 2.70. The average molecular weight is 210 g/mol. The third-order valence-electron chi connectivity index (χ3n) is 3.18. The van der Waals surface area contributed by atoms with Gasteiger partial charge in [-0.15, -0.1) is 0 Å². The van der Waals surface area contributed by atoms with Crippen molar-refractivity contribution >= 4 is 11.3 Å².